The molecular weight excluding hydrogens is 346 g/mol. The van der Waals surface area contributed by atoms with Crippen LogP contribution in [0.25, 0.3) is 11.0 Å². The topological polar surface area (TPSA) is 112 Å². The van der Waals surface area contributed by atoms with Gasteiger partial charge in [-0.3, -0.25) is 9.78 Å². The number of hydrogen-bond acceptors (Lipinski definition) is 6. The second-order valence-electron chi connectivity index (χ2n) is 5.13. The minimum atomic E-state index is -1.48. The number of aromatic amines is 2. The smallest absolute Gasteiger partial charge is 0.322 e. The quantitative estimate of drug-likeness (QED) is 0.643. The molecule has 0 fully saturated rings. The Hall–Kier alpha value is -2.65. The van der Waals surface area contributed by atoms with Crippen LogP contribution in [0, 0.1) is 0 Å². The molecule has 0 aliphatic carbocycles. The van der Waals surface area contributed by atoms with Crippen LogP contribution in [0.3, 0.4) is 0 Å². The molecule has 25 heavy (non-hydrogen) atoms. The number of imidazole rings is 1. The third-order valence-corrected chi connectivity index (χ3v) is 4.85. The van der Waals surface area contributed by atoms with Gasteiger partial charge in [-0.2, -0.15) is 4.98 Å². The van der Waals surface area contributed by atoms with E-state index in [1.165, 1.54) is 27.5 Å². The summed E-state index contributed by atoms with van der Waals surface area (Å²) in [5.41, 5.74) is 1.17. The molecule has 0 aliphatic heterocycles. The first-order valence-corrected chi connectivity index (χ1v) is 8.64. The number of nitrogens with zero attached hydrogens (tertiary/aromatic N) is 1. The molecule has 3 aromatic rings. The Morgan fingerprint density at radius 1 is 1.16 bits per heavy atom. The zero-order chi connectivity index (χ0) is 18.0. The number of nitrogens with one attached hydrogen (secondary N) is 2. The molecule has 9 heteroatoms. The van der Waals surface area contributed by atoms with Crippen molar-refractivity contribution in [1.29, 1.82) is 0 Å². The maximum Gasteiger partial charge on any atom is 0.322 e. The fraction of sp³-hybridized carbons (Fsp3) is 0.250. The molecule has 2 heterocycles. The third-order valence-electron chi connectivity index (χ3n) is 3.63. The van der Waals surface area contributed by atoms with Crippen LogP contribution in [0.1, 0.15) is 5.56 Å². The Morgan fingerprint density at radius 3 is 2.40 bits per heavy atom. The van der Waals surface area contributed by atoms with E-state index in [1.807, 2.05) is 0 Å². The maximum absolute atomic E-state index is 12.6. The SMILES string of the molecule is COc1cc(C[S+]([O-])c2nc3c(=O)[nH]ccc3[nH]2)cc(OC)c1OC. The molecule has 0 radical (unpaired) electrons. The van der Waals surface area contributed by atoms with Crippen molar-refractivity contribution in [2.45, 2.75) is 10.9 Å². The summed E-state index contributed by atoms with van der Waals surface area (Å²) in [7, 11) is 4.55. The van der Waals surface area contributed by atoms with Gasteiger partial charge >= 0.3 is 5.16 Å². The van der Waals surface area contributed by atoms with Crippen LogP contribution < -0.4 is 19.8 Å². The zero-order valence-corrected chi connectivity index (χ0v) is 14.7. The highest BCUT2D eigenvalue weighted by atomic mass is 32.2. The second kappa shape index (κ2) is 7.08. The van der Waals surface area contributed by atoms with Crippen LogP contribution in [0.15, 0.2) is 34.3 Å². The minimum Gasteiger partial charge on any atom is -0.609 e. The molecule has 2 aromatic heterocycles. The summed E-state index contributed by atoms with van der Waals surface area (Å²) in [6.45, 7) is 0. The summed E-state index contributed by atoms with van der Waals surface area (Å²) in [6.07, 6.45) is 1.51. The summed E-state index contributed by atoms with van der Waals surface area (Å²) in [4.78, 5) is 21.3. The van der Waals surface area contributed by atoms with Gasteiger partial charge in [0.15, 0.2) is 17.0 Å². The predicted octanol–water partition coefficient (Wildman–Crippen LogP) is 1.58. The average Bonchev–Trinajstić information content (AvgIpc) is 3.06. The van der Waals surface area contributed by atoms with Gasteiger partial charge in [-0.15, -0.1) is 0 Å². The molecule has 0 spiro atoms. The Kier molecular flexibility index (Phi) is 4.86. The fourth-order valence-corrected chi connectivity index (χ4v) is 3.50. The molecule has 2 N–H and O–H groups in total. The molecule has 1 unspecified atom stereocenters. The zero-order valence-electron chi connectivity index (χ0n) is 13.9. The van der Waals surface area contributed by atoms with E-state index >= 15 is 0 Å². The highest BCUT2D eigenvalue weighted by Crippen LogP contribution is 2.38. The first-order chi connectivity index (χ1) is 12.1. The van der Waals surface area contributed by atoms with Crippen molar-refractivity contribution >= 4 is 22.2 Å². The number of H-pyrrole nitrogens is 2. The van der Waals surface area contributed by atoms with Crippen molar-refractivity contribution < 1.29 is 18.8 Å². The molecule has 1 aromatic carbocycles. The number of pyridine rings is 1. The van der Waals surface area contributed by atoms with E-state index in [9.17, 15) is 9.35 Å². The first-order valence-electron chi connectivity index (χ1n) is 7.32. The molecule has 0 amide bonds. The molecular formula is C16H17N3O5S. The number of fused-ring (bicyclic) bond motifs is 1. The number of hydrogen-bond donors (Lipinski definition) is 2. The molecule has 0 saturated heterocycles. The van der Waals surface area contributed by atoms with Crippen molar-refractivity contribution in [2.24, 2.45) is 0 Å². The lowest BCUT2D eigenvalue weighted by molar-refractivity contribution is 0.324. The third kappa shape index (κ3) is 3.28. The van der Waals surface area contributed by atoms with Crippen LogP contribution in [-0.2, 0) is 16.9 Å². The number of aromatic nitrogens is 3. The Bertz CT molecular complexity index is 927. The number of ether oxygens (including phenoxy) is 3. The molecule has 1 atom stereocenters. The lowest BCUT2D eigenvalue weighted by atomic mass is 10.2. The molecule has 0 aliphatic rings. The molecule has 3 rings (SSSR count). The minimum absolute atomic E-state index is 0.175. The van der Waals surface area contributed by atoms with Crippen LogP contribution in [-0.4, -0.2) is 40.8 Å². The summed E-state index contributed by atoms with van der Waals surface area (Å²) in [5.74, 6) is 1.61. The van der Waals surface area contributed by atoms with Gasteiger partial charge < -0.3 is 23.7 Å². The molecule has 8 nitrogen and oxygen atoms in total. The van der Waals surface area contributed by atoms with Gasteiger partial charge in [-0.05, 0) is 18.2 Å². The highest BCUT2D eigenvalue weighted by molar-refractivity contribution is 7.90. The maximum atomic E-state index is 12.6. The lowest BCUT2D eigenvalue weighted by Gasteiger charge is -2.14. The van der Waals surface area contributed by atoms with E-state index in [2.05, 4.69) is 15.0 Å². The van der Waals surface area contributed by atoms with E-state index in [0.717, 1.165) is 5.56 Å². The van der Waals surface area contributed by atoms with Gasteiger partial charge in [-0.1, -0.05) is 0 Å². The normalized spacial score (nSPS) is 12.2. The van der Waals surface area contributed by atoms with E-state index in [-0.39, 0.29) is 22.0 Å². The van der Waals surface area contributed by atoms with E-state index in [0.29, 0.717) is 22.8 Å². The van der Waals surface area contributed by atoms with Gasteiger partial charge in [0.2, 0.25) is 5.75 Å². The van der Waals surface area contributed by atoms with E-state index in [4.69, 9.17) is 14.2 Å². The number of rotatable bonds is 6. The van der Waals surface area contributed by atoms with E-state index < -0.39 is 11.2 Å². The largest absolute Gasteiger partial charge is 0.609 e. The van der Waals surface area contributed by atoms with Gasteiger partial charge in [0.1, 0.15) is 5.75 Å². The number of benzene rings is 1. The fourth-order valence-electron chi connectivity index (χ4n) is 2.47. The molecule has 0 bridgehead atoms. The van der Waals surface area contributed by atoms with E-state index in [1.54, 1.807) is 18.2 Å². The summed E-state index contributed by atoms with van der Waals surface area (Å²) in [5, 5.41) is 0.237. The van der Waals surface area contributed by atoms with Gasteiger partial charge in [0.05, 0.1) is 26.8 Å². The first kappa shape index (κ1) is 17.2. The van der Waals surface area contributed by atoms with Gasteiger partial charge in [0, 0.05) is 22.9 Å². The van der Waals surface area contributed by atoms with Crippen molar-refractivity contribution in [3.05, 3.63) is 40.3 Å². The van der Waals surface area contributed by atoms with Crippen molar-refractivity contribution in [3.63, 3.8) is 0 Å². The van der Waals surface area contributed by atoms with Crippen molar-refractivity contribution in [1.82, 2.24) is 15.0 Å². The van der Waals surface area contributed by atoms with Crippen molar-refractivity contribution in [3.8, 4) is 17.2 Å². The monoisotopic (exact) mass is 363 g/mol. The summed E-state index contributed by atoms with van der Waals surface area (Å²) in [6, 6.07) is 5.13. The number of methoxy groups -OCH3 is 3. The van der Waals surface area contributed by atoms with Crippen LogP contribution in [0.4, 0.5) is 0 Å². The standard InChI is InChI=1S/C16H17N3O5S/c1-22-11-6-9(7-12(23-2)14(11)24-3)8-25(21)16-18-10-4-5-17-15(20)13(10)19-16/h4-7H,8H2,1-3H3,(H,17,20)(H,18,19). The van der Waals surface area contributed by atoms with Crippen LogP contribution in [0.5, 0.6) is 17.2 Å². The molecule has 0 saturated carbocycles. The Balaban J connectivity index is 1.92. The van der Waals surface area contributed by atoms with Crippen molar-refractivity contribution in [2.75, 3.05) is 21.3 Å². The second-order valence-corrected chi connectivity index (χ2v) is 6.50. The predicted molar refractivity (Wildman–Crippen MR) is 92.9 cm³/mol. The Morgan fingerprint density at radius 2 is 1.84 bits per heavy atom. The highest BCUT2D eigenvalue weighted by Gasteiger charge is 2.21. The molecule has 132 valence electrons. The van der Waals surface area contributed by atoms with Gasteiger partial charge in [0.25, 0.3) is 5.56 Å². The average molecular weight is 363 g/mol. The van der Waals surface area contributed by atoms with Crippen LogP contribution >= 0.6 is 0 Å². The summed E-state index contributed by atoms with van der Waals surface area (Å²) >= 11 is -1.48. The van der Waals surface area contributed by atoms with Crippen LogP contribution in [0.2, 0.25) is 0 Å². The Labute approximate surface area is 146 Å². The van der Waals surface area contributed by atoms with Gasteiger partial charge in [-0.25, -0.2) is 0 Å². The summed E-state index contributed by atoms with van der Waals surface area (Å²) < 4.78 is 28.5. The lowest BCUT2D eigenvalue weighted by Crippen LogP contribution is -2.08.